The third-order valence-corrected chi connectivity index (χ3v) is 3.61. The van der Waals surface area contributed by atoms with Crippen molar-refractivity contribution in [2.75, 3.05) is 0 Å². The van der Waals surface area contributed by atoms with E-state index in [-0.39, 0.29) is 29.4 Å². The van der Waals surface area contributed by atoms with Crippen LogP contribution in [0.3, 0.4) is 0 Å². The van der Waals surface area contributed by atoms with Crippen LogP contribution in [0.1, 0.15) is 23.2 Å². The number of hydrogen-bond acceptors (Lipinski definition) is 2. The number of H-pyrrole nitrogens is 1. The molecule has 0 saturated heterocycles. The Morgan fingerprint density at radius 2 is 2.00 bits per heavy atom. The van der Waals surface area contributed by atoms with E-state index < -0.39 is 23.4 Å². The van der Waals surface area contributed by atoms with Crippen LogP contribution < -0.4 is 5.69 Å². The van der Waals surface area contributed by atoms with Crippen molar-refractivity contribution in [2.45, 2.75) is 24.6 Å². The molecule has 0 radical (unpaired) electrons. The molecule has 1 aliphatic rings. The molecule has 0 amide bonds. The fraction of sp³-hybridized carbons (Fsp3) is 0.333. The number of imidazole rings is 1. The van der Waals surface area contributed by atoms with Gasteiger partial charge in [0.25, 0.3) is 0 Å². The van der Waals surface area contributed by atoms with Crippen LogP contribution in [-0.2, 0) is 5.54 Å². The van der Waals surface area contributed by atoms with Crippen molar-refractivity contribution in [1.29, 1.82) is 0 Å². The lowest BCUT2D eigenvalue weighted by Gasteiger charge is -2.21. The van der Waals surface area contributed by atoms with Gasteiger partial charge in [-0.1, -0.05) is 6.07 Å². The summed E-state index contributed by atoms with van der Waals surface area (Å²) in [5.41, 5.74) is -3.67. The van der Waals surface area contributed by atoms with E-state index in [9.17, 15) is 22.8 Å². The average Bonchev–Trinajstić information content (AvgIpc) is 3.06. The molecule has 0 bridgehead atoms. The summed E-state index contributed by atoms with van der Waals surface area (Å²) < 4.78 is 40.1. The Bertz CT molecular complexity index is 768. The van der Waals surface area contributed by atoms with E-state index >= 15 is 0 Å². The number of carbonyl (C=O) groups is 1. The van der Waals surface area contributed by atoms with E-state index in [1.165, 1.54) is 18.2 Å². The highest BCUT2D eigenvalue weighted by atomic mass is 19.4. The maximum atomic E-state index is 13.2. The first kappa shape index (κ1) is 12.8. The van der Waals surface area contributed by atoms with Crippen LogP contribution in [0.4, 0.5) is 13.2 Å². The van der Waals surface area contributed by atoms with Gasteiger partial charge in [-0.2, -0.15) is 13.2 Å². The fourth-order valence-electron chi connectivity index (χ4n) is 2.49. The minimum absolute atomic E-state index is 0.0884. The second-order valence-corrected chi connectivity index (χ2v) is 4.80. The zero-order valence-corrected chi connectivity index (χ0v) is 9.99. The van der Waals surface area contributed by atoms with E-state index in [2.05, 4.69) is 4.98 Å². The summed E-state index contributed by atoms with van der Waals surface area (Å²) in [5.74, 6) is -1.37. The normalized spacial score (nSPS) is 17.4. The molecular formula is C12H9F3N2O3. The Morgan fingerprint density at radius 3 is 2.50 bits per heavy atom. The Morgan fingerprint density at radius 1 is 1.35 bits per heavy atom. The molecule has 1 aromatic heterocycles. The lowest BCUT2D eigenvalue weighted by molar-refractivity contribution is -0.179. The SMILES string of the molecule is O=C(O)c1cccc2[nH]c(=O)n(C3(C(F)(F)F)CC3)c12. The number of hydrogen-bond donors (Lipinski definition) is 2. The third-order valence-electron chi connectivity index (χ3n) is 3.61. The van der Waals surface area contributed by atoms with Gasteiger partial charge in [0.15, 0.2) is 0 Å². The number of rotatable bonds is 2. The molecule has 2 N–H and O–H groups in total. The van der Waals surface area contributed by atoms with Crippen molar-refractivity contribution in [3.05, 3.63) is 34.2 Å². The Kier molecular flexibility index (Phi) is 2.33. The average molecular weight is 286 g/mol. The Balaban J connectivity index is 2.40. The number of halogens is 3. The first-order valence-electron chi connectivity index (χ1n) is 5.82. The fourth-order valence-corrected chi connectivity index (χ4v) is 2.49. The van der Waals surface area contributed by atoms with E-state index in [4.69, 9.17) is 5.11 Å². The monoisotopic (exact) mass is 286 g/mol. The number of benzene rings is 1. The predicted molar refractivity (Wildman–Crippen MR) is 62.8 cm³/mol. The highest BCUT2D eigenvalue weighted by molar-refractivity contribution is 6.01. The molecular weight excluding hydrogens is 277 g/mol. The van der Waals surface area contributed by atoms with Crippen molar-refractivity contribution in [2.24, 2.45) is 0 Å². The summed E-state index contributed by atoms with van der Waals surface area (Å²) in [6, 6.07) is 3.94. The zero-order chi connectivity index (χ0) is 14.7. The largest absolute Gasteiger partial charge is 0.478 e. The van der Waals surface area contributed by atoms with Crippen molar-refractivity contribution < 1.29 is 23.1 Å². The summed E-state index contributed by atoms with van der Waals surface area (Å²) in [6.07, 6.45) is -5.05. The van der Waals surface area contributed by atoms with Crippen LogP contribution in [0.2, 0.25) is 0 Å². The number of para-hydroxylation sites is 1. The van der Waals surface area contributed by atoms with Gasteiger partial charge < -0.3 is 10.1 Å². The Labute approximate surface area is 109 Å². The lowest BCUT2D eigenvalue weighted by Crippen LogP contribution is -2.40. The van der Waals surface area contributed by atoms with Crippen LogP contribution in [0.25, 0.3) is 11.0 Å². The topological polar surface area (TPSA) is 75.1 Å². The molecule has 0 atom stereocenters. The van der Waals surface area contributed by atoms with Gasteiger partial charge in [-0.15, -0.1) is 0 Å². The molecule has 1 aliphatic carbocycles. The Hall–Kier alpha value is -2.25. The van der Waals surface area contributed by atoms with Crippen LogP contribution in [-0.4, -0.2) is 26.8 Å². The number of carboxylic acid groups (broad SMARTS) is 1. The van der Waals surface area contributed by atoms with Gasteiger partial charge in [0.1, 0.15) is 5.54 Å². The molecule has 0 aliphatic heterocycles. The van der Waals surface area contributed by atoms with Gasteiger partial charge in [0.05, 0.1) is 16.6 Å². The van der Waals surface area contributed by atoms with Crippen molar-refractivity contribution in [3.8, 4) is 0 Å². The number of fused-ring (bicyclic) bond motifs is 1. The second-order valence-electron chi connectivity index (χ2n) is 4.80. The number of aromatic amines is 1. The van der Waals surface area contributed by atoms with Gasteiger partial charge in [-0.05, 0) is 25.0 Å². The number of nitrogens with one attached hydrogen (secondary N) is 1. The maximum Gasteiger partial charge on any atom is 0.412 e. The molecule has 3 rings (SSSR count). The summed E-state index contributed by atoms with van der Waals surface area (Å²) in [7, 11) is 0. The maximum absolute atomic E-state index is 13.2. The first-order valence-corrected chi connectivity index (χ1v) is 5.82. The third kappa shape index (κ3) is 1.50. The minimum Gasteiger partial charge on any atom is -0.478 e. The van der Waals surface area contributed by atoms with Crippen LogP contribution in [0, 0.1) is 0 Å². The molecule has 8 heteroatoms. The van der Waals surface area contributed by atoms with Crippen molar-refractivity contribution >= 4 is 17.0 Å². The van der Waals surface area contributed by atoms with Gasteiger partial charge in [0.2, 0.25) is 0 Å². The van der Waals surface area contributed by atoms with Crippen molar-refractivity contribution in [3.63, 3.8) is 0 Å². The standard InChI is InChI=1S/C12H9F3N2O3/c13-12(14,15)11(4-5-11)17-8-6(9(18)19)2-1-3-7(8)16-10(17)20/h1-3H,4-5H2,(H,16,20)(H,18,19). The van der Waals surface area contributed by atoms with E-state index in [1.807, 2.05) is 0 Å². The molecule has 2 aromatic rings. The number of carboxylic acids is 1. The molecule has 106 valence electrons. The highest BCUT2D eigenvalue weighted by Gasteiger charge is 2.66. The molecule has 5 nitrogen and oxygen atoms in total. The van der Waals surface area contributed by atoms with Crippen LogP contribution >= 0.6 is 0 Å². The van der Waals surface area contributed by atoms with Gasteiger partial charge in [-0.25, -0.2) is 9.59 Å². The quantitative estimate of drug-likeness (QED) is 0.887. The number of nitrogens with zero attached hydrogens (tertiary/aromatic N) is 1. The number of alkyl halides is 3. The molecule has 1 saturated carbocycles. The number of aromatic carboxylic acids is 1. The molecule has 20 heavy (non-hydrogen) atoms. The first-order chi connectivity index (χ1) is 9.28. The van der Waals surface area contributed by atoms with Gasteiger partial charge >= 0.3 is 17.8 Å². The second kappa shape index (κ2) is 3.65. The predicted octanol–water partition coefficient (Wildman–Crippen LogP) is 2.08. The molecule has 0 spiro atoms. The molecule has 1 fully saturated rings. The van der Waals surface area contributed by atoms with E-state index in [0.29, 0.717) is 4.57 Å². The van der Waals surface area contributed by atoms with Gasteiger partial charge in [-0.3, -0.25) is 4.57 Å². The van der Waals surface area contributed by atoms with Crippen LogP contribution in [0.15, 0.2) is 23.0 Å². The summed E-state index contributed by atoms with van der Waals surface area (Å²) in [6.45, 7) is 0. The molecule has 1 aromatic carbocycles. The smallest absolute Gasteiger partial charge is 0.412 e. The molecule has 0 unspecified atom stereocenters. The van der Waals surface area contributed by atoms with E-state index in [0.717, 1.165) is 0 Å². The summed E-state index contributed by atoms with van der Waals surface area (Å²) in [5, 5.41) is 9.09. The van der Waals surface area contributed by atoms with E-state index in [1.54, 1.807) is 0 Å². The number of aromatic nitrogens is 2. The minimum atomic E-state index is -4.60. The molecule has 1 heterocycles. The zero-order valence-electron chi connectivity index (χ0n) is 9.99. The summed E-state index contributed by atoms with van der Waals surface area (Å²) >= 11 is 0. The summed E-state index contributed by atoms with van der Waals surface area (Å²) in [4.78, 5) is 25.3. The highest BCUT2D eigenvalue weighted by Crippen LogP contribution is 2.55. The van der Waals surface area contributed by atoms with Crippen molar-refractivity contribution in [1.82, 2.24) is 9.55 Å². The van der Waals surface area contributed by atoms with Crippen LogP contribution in [0.5, 0.6) is 0 Å². The lowest BCUT2D eigenvalue weighted by atomic mass is 10.1. The van der Waals surface area contributed by atoms with Gasteiger partial charge in [0, 0.05) is 0 Å².